The Hall–Kier alpha value is -4.14. The fraction of sp³-hybridized carbons (Fsp3) is 0.276. The van der Waals surface area contributed by atoms with E-state index < -0.39 is 11.7 Å². The highest BCUT2D eigenvalue weighted by Crippen LogP contribution is 2.32. The topological polar surface area (TPSA) is 75.7 Å². The van der Waals surface area contributed by atoms with E-state index in [0.717, 1.165) is 23.3 Å². The maximum atomic E-state index is 13.1. The van der Waals surface area contributed by atoms with E-state index in [1.165, 1.54) is 19.2 Å². The number of hydrogen-bond donors (Lipinski definition) is 1. The van der Waals surface area contributed by atoms with E-state index >= 15 is 0 Å². The fourth-order valence-electron chi connectivity index (χ4n) is 4.46. The molecule has 1 aliphatic heterocycles. The number of ether oxygens (including phenoxy) is 1. The molecule has 38 heavy (non-hydrogen) atoms. The summed E-state index contributed by atoms with van der Waals surface area (Å²) in [6.07, 6.45) is -2.89. The molecule has 0 fully saturated rings. The summed E-state index contributed by atoms with van der Waals surface area (Å²) in [5.41, 5.74) is 3.22. The van der Waals surface area contributed by atoms with Crippen LogP contribution >= 0.6 is 0 Å². The molecule has 0 aromatic heterocycles. The van der Waals surface area contributed by atoms with Gasteiger partial charge in [-0.1, -0.05) is 36.4 Å². The number of anilines is 1. The largest absolute Gasteiger partial charge is 0.469 e. The first-order valence-corrected chi connectivity index (χ1v) is 12.2. The second-order valence-electron chi connectivity index (χ2n) is 9.05. The number of halogens is 3. The van der Waals surface area contributed by atoms with Crippen LogP contribution in [0.25, 0.3) is 11.1 Å². The summed E-state index contributed by atoms with van der Waals surface area (Å²) in [4.78, 5) is 38.7. The van der Waals surface area contributed by atoms with Gasteiger partial charge in [0.2, 0.25) is 5.91 Å². The number of rotatable bonds is 7. The number of nitrogens with one attached hydrogen (secondary N) is 1. The van der Waals surface area contributed by atoms with Crippen molar-refractivity contribution >= 4 is 23.5 Å². The van der Waals surface area contributed by atoms with Crippen LogP contribution in [0.2, 0.25) is 0 Å². The molecule has 1 aliphatic rings. The van der Waals surface area contributed by atoms with Gasteiger partial charge < -0.3 is 15.0 Å². The van der Waals surface area contributed by atoms with Crippen molar-refractivity contribution in [3.05, 3.63) is 89.0 Å². The van der Waals surface area contributed by atoms with Gasteiger partial charge in [0.15, 0.2) is 0 Å². The van der Waals surface area contributed by atoms with Crippen molar-refractivity contribution in [2.75, 3.05) is 19.0 Å². The number of hydrogen-bond acceptors (Lipinski definition) is 4. The van der Waals surface area contributed by atoms with Crippen LogP contribution in [-0.2, 0) is 33.5 Å². The molecule has 1 heterocycles. The molecule has 0 unspecified atom stereocenters. The zero-order valence-corrected chi connectivity index (χ0v) is 20.8. The van der Waals surface area contributed by atoms with Crippen LogP contribution < -0.4 is 5.32 Å². The van der Waals surface area contributed by atoms with E-state index in [4.69, 9.17) is 0 Å². The van der Waals surface area contributed by atoms with Crippen LogP contribution in [0, 0.1) is 0 Å². The molecule has 0 saturated heterocycles. The van der Waals surface area contributed by atoms with Gasteiger partial charge in [-0.3, -0.25) is 14.4 Å². The molecule has 3 aromatic rings. The minimum atomic E-state index is -4.43. The first-order valence-electron chi connectivity index (χ1n) is 12.2. The predicted molar refractivity (Wildman–Crippen MR) is 136 cm³/mol. The van der Waals surface area contributed by atoms with E-state index in [9.17, 15) is 27.6 Å². The Balaban J connectivity index is 1.43. The average Bonchev–Trinajstić information content (AvgIpc) is 2.92. The van der Waals surface area contributed by atoms with Gasteiger partial charge in [0, 0.05) is 37.2 Å². The fourth-order valence-corrected chi connectivity index (χ4v) is 4.46. The van der Waals surface area contributed by atoms with Crippen LogP contribution in [0.1, 0.15) is 46.3 Å². The molecule has 9 heteroatoms. The maximum Gasteiger partial charge on any atom is 0.416 e. The minimum absolute atomic E-state index is 0.0168. The summed E-state index contributed by atoms with van der Waals surface area (Å²) >= 11 is 0. The predicted octanol–water partition coefficient (Wildman–Crippen LogP) is 5.85. The summed E-state index contributed by atoms with van der Waals surface area (Å²) < 4.78 is 43.4. The molecule has 0 radical (unpaired) electrons. The average molecular weight is 525 g/mol. The smallest absolute Gasteiger partial charge is 0.416 e. The normalized spacial score (nSPS) is 13.0. The number of methoxy groups -OCH3 is 1. The third-order valence-electron chi connectivity index (χ3n) is 6.52. The summed E-state index contributed by atoms with van der Waals surface area (Å²) in [7, 11) is 1.32. The number of fused-ring (bicyclic) bond motifs is 1. The molecule has 3 aromatic carbocycles. The van der Waals surface area contributed by atoms with Gasteiger partial charge in [0.25, 0.3) is 5.91 Å². The second-order valence-corrected chi connectivity index (χ2v) is 9.05. The van der Waals surface area contributed by atoms with Crippen LogP contribution in [0.5, 0.6) is 0 Å². The highest BCUT2D eigenvalue weighted by Gasteiger charge is 2.30. The van der Waals surface area contributed by atoms with Crippen molar-refractivity contribution in [2.24, 2.45) is 0 Å². The van der Waals surface area contributed by atoms with Gasteiger partial charge in [-0.2, -0.15) is 13.2 Å². The Morgan fingerprint density at radius 2 is 1.68 bits per heavy atom. The van der Waals surface area contributed by atoms with Gasteiger partial charge in [-0.05, 0) is 65.4 Å². The maximum absolute atomic E-state index is 13.1. The number of carbonyl (C=O) groups is 3. The molecule has 0 bridgehead atoms. The van der Waals surface area contributed by atoms with Gasteiger partial charge >= 0.3 is 12.1 Å². The Morgan fingerprint density at radius 3 is 2.39 bits per heavy atom. The third-order valence-corrected chi connectivity index (χ3v) is 6.52. The number of benzene rings is 3. The summed E-state index contributed by atoms with van der Waals surface area (Å²) in [6, 6.07) is 17.0. The van der Waals surface area contributed by atoms with Crippen molar-refractivity contribution in [2.45, 2.75) is 38.4 Å². The Labute approximate surface area is 218 Å². The molecule has 4 rings (SSSR count). The molecule has 6 nitrogen and oxygen atoms in total. The molecular formula is C29H27F3N2O4. The lowest BCUT2D eigenvalue weighted by atomic mass is 9.97. The van der Waals surface area contributed by atoms with E-state index in [0.29, 0.717) is 48.3 Å². The van der Waals surface area contributed by atoms with Gasteiger partial charge in [-0.15, -0.1) is 0 Å². The second kappa shape index (κ2) is 11.5. The van der Waals surface area contributed by atoms with E-state index in [1.807, 2.05) is 12.1 Å². The quantitative estimate of drug-likeness (QED) is 0.394. The van der Waals surface area contributed by atoms with Crippen LogP contribution in [0.15, 0.2) is 66.7 Å². The summed E-state index contributed by atoms with van der Waals surface area (Å²) in [5.74, 6) is -0.728. The summed E-state index contributed by atoms with van der Waals surface area (Å²) in [6.45, 7) is 0.996. The molecule has 1 N–H and O–H groups in total. The van der Waals surface area contributed by atoms with E-state index in [2.05, 4.69) is 10.1 Å². The SMILES string of the molecule is COC(=O)CCCC(=O)N1CCc2cc(NC(=O)c3ccccc3-c3ccc(C(F)(F)F)cc3)ccc2C1. The van der Waals surface area contributed by atoms with E-state index in [1.54, 1.807) is 35.2 Å². The van der Waals surface area contributed by atoms with Gasteiger partial charge in [0.1, 0.15) is 0 Å². The lowest BCUT2D eigenvalue weighted by Crippen LogP contribution is -2.35. The van der Waals surface area contributed by atoms with E-state index in [-0.39, 0.29) is 30.6 Å². The van der Waals surface area contributed by atoms with Gasteiger partial charge in [0.05, 0.1) is 12.7 Å². The molecule has 0 atom stereocenters. The molecular weight excluding hydrogens is 497 g/mol. The highest BCUT2D eigenvalue weighted by molar-refractivity contribution is 6.08. The van der Waals surface area contributed by atoms with Crippen molar-refractivity contribution in [1.82, 2.24) is 4.90 Å². The highest BCUT2D eigenvalue weighted by atomic mass is 19.4. The zero-order valence-electron chi connectivity index (χ0n) is 20.8. The van der Waals surface area contributed by atoms with Crippen molar-refractivity contribution < 1.29 is 32.3 Å². The zero-order chi connectivity index (χ0) is 27.3. The lowest BCUT2D eigenvalue weighted by molar-refractivity contribution is -0.141. The lowest BCUT2D eigenvalue weighted by Gasteiger charge is -2.29. The molecule has 0 saturated carbocycles. The first kappa shape index (κ1) is 26.9. The molecule has 0 aliphatic carbocycles. The van der Waals surface area contributed by atoms with Crippen molar-refractivity contribution in [1.29, 1.82) is 0 Å². The number of esters is 1. The van der Waals surface area contributed by atoms with Crippen LogP contribution in [-0.4, -0.2) is 36.3 Å². The number of alkyl halides is 3. The molecule has 0 spiro atoms. The van der Waals surface area contributed by atoms with Crippen molar-refractivity contribution in [3.8, 4) is 11.1 Å². The van der Waals surface area contributed by atoms with Crippen LogP contribution in [0.4, 0.5) is 18.9 Å². The van der Waals surface area contributed by atoms with Gasteiger partial charge in [-0.25, -0.2) is 0 Å². The number of amides is 2. The standard InChI is InChI=1S/C29H27F3N2O4/c1-38-27(36)8-4-7-26(35)34-16-15-20-17-23(14-11-21(20)18-34)33-28(37)25-6-3-2-5-24(25)19-9-12-22(13-10-19)29(30,31)32/h2-3,5-6,9-14,17H,4,7-8,15-16,18H2,1H3,(H,33,37). The summed E-state index contributed by atoms with van der Waals surface area (Å²) in [5, 5.41) is 2.89. The Kier molecular flexibility index (Phi) is 8.14. The Bertz CT molecular complexity index is 1340. The third kappa shape index (κ3) is 6.40. The number of nitrogens with zero attached hydrogens (tertiary/aromatic N) is 1. The minimum Gasteiger partial charge on any atom is -0.469 e. The molecule has 2 amide bonds. The Morgan fingerprint density at radius 1 is 0.947 bits per heavy atom. The number of carbonyl (C=O) groups excluding carboxylic acids is 3. The van der Waals surface area contributed by atoms with Crippen molar-refractivity contribution in [3.63, 3.8) is 0 Å². The van der Waals surface area contributed by atoms with Crippen LogP contribution in [0.3, 0.4) is 0 Å². The first-order chi connectivity index (χ1) is 18.2. The molecule has 198 valence electrons. The monoisotopic (exact) mass is 524 g/mol.